The fourth-order valence-corrected chi connectivity index (χ4v) is 0.894. The van der Waals surface area contributed by atoms with Crippen molar-refractivity contribution in [2.45, 2.75) is 6.92 Å². The van der Waals surface area contributed by atoms with E-state index in [1.54, 1.807) is 13.0 Å². The molecule has 0 N–H and O–H groups in total. The highest BCUT2D eigenvalue weighted by atomic mass is 35.5. The second kappa shape index (κ2) is 2.89. The van der Waals surface area contributed by atoms with Crippen molar-refractivity contribution in [1.29, 1.82) is 5.26 Å². The Morgan fingerprint density at radius 1 is 1.55 bits per heavy atom. The first kappa shape index (κ1) is 8.03. The third-order valence-electron chi connectivity index (χ3n) is 1.44. The first-order valence-corrected chi connectivity index (χ1v) is 3.39. The summed E-state index contributed by atoms with van der Waals surface area (Å²) in [6, 6.07) is 4.61. The van der Waals surface area contributed by atoms with Crippen LogP contribution in [0, 0.1) is 24.1 Å². The molecule has 1 rings (SSSR count). The summed E-state index contributed by atoms with van der Waals surface area (Å²) in [5, 5.41) is 8.75. The van der Waals surface area contributed by atoms with Crippen LogP contribution in [-0.4, -0.2) is 0 Å². The molecule has 56 valence electrons. The Labute approximate surface area is 69.0 Å². The highest BCUT2D eigenvalue weighted by Gasteiger charge is 2.06. The molecular weight excluding hydrogens is 165 g/mol. The fourth-order valence-electron chi connectivity index (χ4n) is 0.748. The Hall–Kier alpha value is -1.07. The molecule has 0 saturated carbocycles. The third-order valence-corrected chi connectivity index (χ3v) is 1.85. The summed E-state index contributed by atoms with van der Waals surface area (Å²) in [5.41, 5.74) is 0.359. The van der Waals surface area contributed by atoms with Gasteiger partial charge in [0.15, 0.2) is 0 Å². The van der Waals surface area contributed by atoms with Crippen LogP contribution in [0.3, 0.4) is 0 Å². The van der Waals surface area contributed by atoms with Gasteiger partial charge in [-0.25, -0.2) is 4.39 Å². The molecule has 3 heteroatoms. The SMILES string of the molecule is Cc1c(Cl)ccc(C#N)c1F. The summed E-state index contributed by atoms with van der Waals surface area (Å²) < 4.78 is 13.0. The summed E-state index contributed by atoms with van der Waals surface area (Å²) in [6.07, 6.45) is 0. The Balaban J connectivity index is 3.40. The molecular formula is C8H5ClFN. The monoisotopic (exact) mass is 169 g/mol. The maximum absolute atomic E-state index is 13.0. The molecule has 0 amide bonds. The van der Waals surface area contributed by atoms with E-state index in [4.69, 9.17) is 16.9 Å². The minimum atomic E-state index is -0.528. The van der Waals surface area contributed by atoms with Gasteiger partial charge >= 0.3 is 0 Å². The quantitative estimate of drug-likeness (QED) is 0.586. The Bertz CT molecular complexity index is 328. The van der Waals surface area contributed by atoms with Crippen molar-refractivity contribution in [3.63, 3.8) is 0 Å². The van der Waals surface area contributed by atoms with Crippen LogP contribution in [-0.2, 0) is 0 Å². The second-order valence-electron chi connectivity index (χ2n) is 2.15. The lowest BCUT2D eigenvalue weighted by molar-refractivity contribution is 0.615. The van der Waals surface area contributed by atoms with Gasteiger partial charge in [0.25, 0.3) is 0 Å². The molecule has 0 spiro atoms. The van der Waals surface area contributed by atoms with E-state index in [-0.39, 0.29) is 5.56 Å². The summed E-state index contributed by atoms with van der Waals surface area (Å²) in [4.78, 5) is 0. The third kappa shape index (κ3) is 1.33. The summed E-state index contributed by atoms with van der Waals surface area (Å²) in [5.74, 6) is -0.528. The molecule has 1 aromatic rings. The van der Waals surface area contributed by atoms with E-state index in [0.29, 0.717) is 10.6 Å². The van der Waals surface area contributed by atoms with Crippen LogP contribution in [0.4, 0.5) is 4.39 Å². The van der Waals surface area contributed by atoms with Crippen molar-refractivity contribution in [1.82, 2.24) is 0 Å². The number of benzene rings is 1. The van der Waals surface area contributed by atoms with Crippen LogP contribution in [0.2, 0.25) is 5.02 Å². The van der Waals surface area contributed by atoms with Gasteiger partial charge in [-0.3, -0.25) is 0 Å². The average molecular weight is 170 g/mol. The van der Waals surface area contributed by atoms with E-state index >= 15 is 0 Å². The van der Waals surface area contributed by atoms with Crippen LogP contribution in [0.1, 0.15) is 11.1 Å². The first-order chi connectivity index (χ1) is 5.16. The van der Waals surface area contributed by atoms with Crippen LogP contribution in [0.25, 0.3) is 0 Å². The number of nitrogens with zero attached hydrogens (tertiary/aromatic N) is 1. The van der Waals surface area contributed by atoms with Crippen molar-refractivity contribution < 1.29 is 4.39 Å². The number of halogens is 2. The van der Waals surface area contributed by atoms with Crippen molar-refractivity contribution in [3.05, 3.63) is 34.1 Å². The van der Waals surface area contributed by atoms with Gasteiger partial charge in [0.05, 0.1) is 5.56 Å². The molecule has 0 unspecified atom stereocenters. The Kier molecular flexibility index (Phi) is 2.11. The molecule has 0 bridgehead atoms. The normalized spacial score (nSPS) is 9.27. The van der Waals surface area contributed by atoms with E-state index in [0.717, 1.165) is 0 Å². The number of nitriles is 1. The van der Waals surface area contributed by atoms with Gasteiger partial charge in [-0.05, 0) is 19.1 Å². The Morgan fingerprint density at radius 3 is 2.73 bits per heavy atom. The largest absolute Gasteiger partial charge is 0.205 e. The molecule has 1 aromatic carbocycles. The molecule has 0 aliphatic carbocycles. The molecule has 11 heavy (non-hydrogen) atoms. The first-order valence-electron chi connectivity index (χ1n) is 3.01. The second-order valence-corrected chi connectivity index (χ2v) is 2.55. The predicted molar refractivity (Wildman–Crippen MR) is 40.9 cm³/mol. The molecule has 1 nitrogen and oxygen atoms in total. The van der Waals surface area contributed by atoms with Crippen LogP contribution in [0.15, 0.2) is 12.1 Å². The molecule has 0 heterocycles. The van der Waals surface area contributed by atoms with Gasteiger partial charge < -0.3 is 0 Å². The zero-order valence-corrected chi connectivity index (χ0v) is 6.61. The number of hydrogen-bond acceptors (Lipinski definition) is 1. The van der Waals surface area contributed by atoms with Gasteiger partial charge in [0, 0.05) is 10.6 Å². The zero-order chi connectivity index (χ0) is 8.43. The minimum Gasteiger partial charge on any atom is -0.205 e. The van der Waals surface area contributed by atoms with Crippen molar-refractivity contribution in [2.24, 2.45) is 0 Å². The number of rotatable bonds is 0. The van der Waals surface area contributed by atoms with E-state index < -0.39 is 5.82 Å². The van der Waals surface area contributed by atoms with Crippen LogP contribution in [0.5, 0.6) is 0 Å². The van der Waals surface area contributed by atoms with E-state index in [1.807, 2.05) is 0 Å². The molecule has 0 radical (unpaired) electrons. The fraction of sp³-hybridized carbons (Fsp3) is 0.125. The smallest absolute Gasteiger partial charge is 0.145 e. The standard InChI is InChI=1S/C8H5ClFN/c1-5-7(9)3-2-6(4-11)8(5)10/h2-3H,1H3. The molecule has 0 saturated heterocycles. The molecule has 0 fully saturated rings. The summed E-state index contributed by atoms with van der Waals surface area (Å²) in [6.45, 7) is 1.54. The van der Waals surface area contributed by atoms with Crippen LogP contribution < -0.4 is 0 Å². The van der Waals surface area contributed by atoms with Gasteiger partial charge in [-0.1, -0.05) is 11.6 Å². The lowest BCUT2D eigenvalue weighted by atomic mass is 10.1. The topological polar surface area (TPSA) is 23.8 Å². The lowest BCUT2D eigenvalue weighted by Gasteiger charge is -1.99. The molecule has 0 aromatic heterocycles. The maximum Gasteiger partial charge on any atom is 0.145 e. The number of hydrogen-bond donors (Lipinski definition) is 0. The Morgan fingerprint density at radius 2 is 2.18 bits per heavy atom. The van der Waals surface area contributed by atoms with E-state index in [2.05, 4.69) is 0 Å². The van der Waals surface area contributed by atoms with Gasteiger partial charge in [0.2, 0.25) is 0 Å². The highest BCUT2D eigenvalue weighted by molar-refractivity contribution is 6.31. The molecule has 0 aliphatic rings. The van der Waals surface area contributed by atoms with Crippen LogP contribution >= 0.6 is 11.6 Å². The predicted octanol–water partition coefficient (Wildman–Crippen LogP) is 2.66. The average Bonchev–Trinajstić information content (AvgIpc) is 2.01. The van der Waals surface area contributed by atoms with Crippen molar-refractivity contribution in [3.8, 4) is 6.07 Å². The zero-order valence-electron chi connectivity index (χ0n) is 5.86. The maximum atomic E-state index is 13.0. The minimum absolute atomic E-state index is 0.0342. The van der Waals surface area contributed by atoms with Crippen molar-refractivity contribution >= 4 is 11.6 Å². The summed E-state index contributed by atoms with van der Waals surface area (Å²) in [7, 11) is 0. The summed E-state index contributed by atoms with van der Waals surface area (Å²) >= 11 is 5.59. The lowest BCUT2D eigenvalue weighted by Crippen LogP contribution is -1.88. The van der Waals surface area contributed by atoms with E-state index in [1.165, 1.54) is 12.1 Å². The molecule has 0 atom stereocenters. The van der Waals surface area contributed by atoms with Gasteiger partial charge in [-0.15, -0.1) is 0 Å². The van der Waals surface area contributed by atoms with Gasteiger partial charge in [-0.2, -0.15) is 5.26 Å². The van der Waals surface area contributed by atoms with E-state index in [9.17, 15) is 4.39 Å². The van der Waals surface area contributed by atoms with Gasteiger partial charge in [0.1, 0.15) is 11.9 Å². The van der Waals surface area contributed by atoms with Crippen molar-refractivity contribution in [2.75, 3.05) is 0 Å². The molecule has 0 aliphatic heterocycles. The highest BCUT2D eigenvalue weighted by Crippen LogP contribution is 2.20.